The van der Waals surface area contributed by atoms with Gasteiger partial charge in [0.05, 0.1) is 18.1 Å². The van der Waals surface area contributed by atoms with E-state index < -0.39 is 5.97 Å². The van der Waals surface area contributed by atoms with Crippen molar-refractivity contribution in [3.63, 3.8) is 0 Å². The summed E-state index contributed by atoms with van der Waals surface area (Å²) in [5.41, 5.74) is 1.74. The lowest BCUT2D eigenvalue weighted by Gasteiger charge is -2.27. The Hall–Kier alpha value is -2.17. The number of rotatable bonds is 3. The van der Waals surface area contributed by atoms with Crippen LogP contribution in [0.2, 0.25) is 0 Å². The minimum Gasteiger partial charge on any atom is -0.464 e. The maximum atomic E-state index is 12.0. The van der Waals surface area contributed by atoms with Crippen molar-refractivity contribution in [2.75, 3.05) is 12.4 Å². The molecule has 0 amide bonds. The van der Waals surface area contributed by atoms with E-state index in [-0.39, 0.29) is 5.69 Å². The molecule has 0 radical (unpaired) electrons. The van der Waals surface area contributed by atoms with E-state index in [1.54, 1.807) is 0 Å². The van der Waals surface area contributed by atoms with E-state index >= 15 is 0 Å². The van der Waals surface area contributed by atoms with Crippen molar-refractivity contribution in [3.8, 4) is 0 Å². The Morgan fingerprint density at radius 2 is 1.77 bits per heavy atom. The highest BCUT2D eigenvalue weighted by molar-refractivity contribution is 5.95. The summed E-state index contributed by atoms with van der Waals surface area (Å²) in [7, 11) is 1.37. The molecule has 1 saturated carbocycles. The number of methoxy groups -OCH3 is 1. The van der Waals surface area contributed by atoms with Crippen molar-refractivity contribution >= 4 is 22.8 Å². The van der Waals surface area contributed by atoms with E-state index in [0.717, 1.165) is 24.3 Å². The van der Waals surface area contributed by atoms with Crippen LogP contribution in [-0.4, -0.2) is 29.1 Å². The maximum absolute atomic E-state index is 12.0. The molecule has 0 unspecified atom stereocenters. The van der Waals surface area contributed by atoms with Crippen LogP contribution in [-0.2, 0) is 4.74 Å². The van der Waals surface area contributed by atoms with Crippen molar-refractivity contribution in [2.24, 2.45) is 5.92 Å². The number of ether oxygens (including phenoxy) is 1. The molecule has 0 spiro atoms. The van der Waals surface area contributed by atoms with Gasteiger partial charge in [0.1, 0.15) is 0 Å². The van der Waals surface area contributed by atoms with Crippen molar-refractivity contribution in [1.29, 1.82) is 0 Å². The monoisotopic (exact) mass is 299 g/mol. The van der Waals surface area contributed by atoms with Crippen molar-refractivity contribution in [3.05, 3.63) is 30.0 Å². The van der Waals surface area contributed by atoms with Gasteiger partial charge < -0.3 is 10.1 Å². The highest BCUT2D eigenvalue weighted by atomic mass is 16.5. The molecule has 2 aromatic rings. The molecular weight excluding hydrogens is 278 g/mol. The van der Waals surface area contributed by atoms with Crippen LogP contribution >= 0.6 is 0 Å². The topological polar surface area (TPSA) is 64.1 Å². The van der Waals surface area contributed by atoms with Crippen molar-refractivity contribution < 1.29 is 9.53 Å². The standard InChI is InChI=1S/C17H21N3O2/c1-11-7-9-12(10-8-11)18-16-15(17(21)22-2)19-13-5-3-4-6-14(13)20-16/h3-6,11-12H,7-10H2,1-2H3,(H,18,20). The average molecular weight is 299 g/mol. The quantitative estimate of drug-likeness (QED) is 0.880. The summed E-state index contributed by atoms with van der Waals surface area (Å²) < 4.78 is 4.85. The van der Waals surface area contributed by atoms with Gasteiger partial charge in [-0.15, -0.1) is 0 Å². The Morgan fingerprint density at radius 1 is 1.14 bits per heavy atom. The first kappa shape index (κ1) is 14.8. The van der Waals surface area contributed by atoms with Crippen molar-refractivity contribution in [1.82, 2.24) is 9.97 Å². The smallest absolute Gasteiger partial charge is 0.360 e. The Kier molecular flexibility index (Phi) is 4.22. The van der Waals surface area contributed by atoms with Gasteiger partial charge in [-0.2, -0.15) is 0 Å². The van der Waals surface area contributed by atoms with Gasteiger partial charge in [-0.25, -0.2) is 14.8 Å². The van der Waals surface area contributed by atoms with E-state index in [4.69, 9.17) is 4.74 Å². The minimum atomic E-state index is -0.454. The summed E-state index contributed by atoms with van der Waals surface area (Å²) in [5.74, 6) is 0.857. The predicted molar refractivity (Wildman–Crippen MR) is 85.9 cm³/mol. The van der Waals surface area contributed by atoms with Crippen LogP contribution in [0.25, 0.3) is 11.0 Å². The van der Waals surface area contributed by atoms with Gasteiger partial charge in [-0.3, -0.25) is 0 Å². The molecule has 1 aliphatic rings. The number of para-hydroxylation sites is 2. The lowest BCUT2D eigenvalue weighted by molar-refractivity contribution is 0.0595. The van der Waals surface area contributed by atoms with Crippen LogP contribution in [0.1, 0.15) is 43.1 Å². The molecule has 0 atom stereocenters. The lowest BCUT2D eigenvalue weighted by Crippen LogP contribution is -2.27. The van der Waals surface area contributed by atoms with Crippen LogP contribution in [0.4, 0.5) is 5.82 Å². The Labute approximate surface area is 130 Å². The number of benzene rings is 1. The molecule has 1 aliphatic carbocycles. The number of nitrogens with zero attached hydrogens (tertiary/aromatic N) is 2. The zero-order valence-electron chi connectivity index (χ0n) is 13.0. The third-order valence-corrected chi connectivity index (χ3v) is 4.31. The molecule has 0 aliphatic heterocycles. The highest BCUT2D eigenvalue weighted by Gasteiger charge is 2.22. The van der Waals surface area contributed by atoms with Crippen LogP contribution < -0.4 is 5.32 Å². The fourth-order valence-corrected chi connectivity index (χ4v) is 2.94. The zero-order valence-corrected chi connectivity index (χ0v) is 13.0. The van der Waals surface area contributed by atoms with E-state index in [9.17, 15) is 4.79 Å². The van der Waals surface area contributed by atoms with Crippen LogP contribution in [0.5, 0.6) is 0 Å². The molecule has 0 bridgehead atoms. The molecular formula is C17H21N3O2. The van der Waals surface area contributed by atoms with Gasteiger partial charge in [-0.1, -0.05) is 19.1 Å². The number of hydrogen-bond donors (Lipinski definition) is 1. The number of fused-ring (bicyclic) bond motifs is 1. The summed E-state index contributed by atoms with van der Waals surface area (Å²) in [4.78, 5) is 21.0. The first-order valence-electron chi connectivity index (χ1n) is 7.79. The lowest BCUT2D eigenvalue weighted by atomic mass is 9.87. The van der Waals surface area contributed by atoms with Gasteiger partial charge in [0.15, 0.2) is 11.5 Å². The summed E-state index contributed by atoms with van der Waals surface area (Å²) in [6.45, 7) is 2.28. The maximum Gasteiger partial charge on any atom is 0.360 e. The summed E-state index contributed by atoms with van der Waals surface area (Å²) in [5, 5.41) is 3.40. The molecule has 1 aromatic heterocycles. The largest absolute Gasteiger partial charge is 0.464 e. The first-order chi connectivity index (χ1) is 10.7. The number of esters is 1. The van der Waals surface area contributed by atoms with E-state index in [1.807, 2.05) is 24.3 Å². The highest BCUT2D eigenvalue weighted by Crippen LogP contribution is 2.27. The number of hydrogen-bond acceptors (Lipinski definition) is 5. The Morgan fingerprint density at radius 3 is 2.41 bits per heavy atom. The second-order valence-corrected chi connectivity index (χ2v) is 6.00. The normalized spacial score (nSPS) is 21.5. The molecule has 22 heavy (non-hydrogen) atoms. The molecule has 116 valence electrons. The molecule has 3 rings (SSSR count). The van der Waals surface area contributed by atoms with Gasteiger partial charge in [0.25, 0.3) is 0 Å². The molecule has 5 heteroatoms. The second kappa shape index (κ2) is 6.30. The molecule has 1 heterocycles. The van der Waals surface area contributed by atoms with Crippen LogP contribution in [0, 0.1) is 5.92 Å². The molecule has 1 aromatic carbocycles. The summed E-state index contributed by atoms with van der Waals surface area (Å²) >= 11 is 0. The third-order valence-electron chi connectivity index (χ3n) is 4.31. The predicted octanol–water partition coefficient (Wildman–Crippen LogP) is 3.41. The number of carbonyl (C=O) groups is 1. The molecule has 1 N–H and O–H groups in total. The summed E-state index contributed by atoms with van der Waals surface area (Å²) in [6, 6.07) is 7.89. The van der Waals surface area contributed by atoms with E-state index in [1.165, 1.54) is 20.0 Å². The SMILES string of the molecule is COC(=O)c1nc2ccccc2nc1NC1CCC(C)CC1. The van der Waals surface area contributed by atoms with Gasteiger partial charge >= 0.3 is 5.97 Å². The van der Waals surface area contributed by atoms with Gasteiger partial charge in [0.2, 0.25) is 0 Å². The number of carbonyl (C=O) groups excluding carboxylic acids is 1. The second-order valence-electron chi connectivity index (χ2n) is 6.00. The Balaban J connectivity index is 1.93. The molecule has 0 saturated heterocycles. The Bertz CT molecular complexity index is 679. The molecule has 1 fully saturated rings. The van der Waals surface area contributed by atoms with Crippen molar-refractivity contribution in [2.45, 2.75) is 38.6 Å². The fourth-order valence-electron chi connectivity index (χ4n) is 2.94. The van der Waals surface area contributed by atoms with Crippen LogP contribution in [0.3, 0.4) is 0 Å². The fraction of sp³-hybridized carbons (Fsp3) is 0.471. The number of nitrogens with one attached hydrogen (secondary N) is 1. The van der Waals surface area contributed by atoms with E-state index in [0.29, 0.717) is 17.4 Å². The minimum absolute atomic E-state index is 0.264. The summed E-state index contributed by atoms with van der Waals surface area (Å²) in [6.07, 6.45) is 4.59. The number of aromatic nitrogens is 2. The van der Waals surface area contributed by atoms with Gasteiger partial charge in [-0.05, 0) is 43.7 Å². The van der Waals surface area contributed by atoms with Gasteiger partial charge in [0, 0.05) is 6.04 Å². The zero-order chi connectivity index (χ0) is 15.5. The number of anilines is 1. The molecule has 5 nitrogen and oxygen atoms in total. The first-order valence-corrected chi connectivity index (χ1v) is 7.79. The van der Waals surface area contributed by atoms with E-state index in [2.05, 4.69) is 22.2 Å². The van der Waals surface area contributed by atoms with Crippen LogP contribution in [0.15, 0.2) is 24.3 Å². The average Bonchev–Trinajstić information content (AvgIpc) is 2.55. The third kappa shape index (κ3) is 3.03.